The molecule has 0 saturated carbocycles. The van der Waals surface area contributed by atoms with E-state index in [1.807, 2.05) is 18.9 Å². The van der Waals surface area contributed by atoms with Gasteiger partial charge in [0.05, 0.1) is 31.9 Å². The summed E-state index contributed by atoms with van der Waals surface area (Å²) in [6.45, 7) is 7.12. The quantitative estimate of drug-likeness (QED) is 0.739. The lowest BCUT2D eigenvalue weighted by Crippen LogP contribution is -2.66. The number of hydroxylamine groups is 1. The minimum atomic E-state index is -0.833. The second-order valence-electron chi connectivity index (χ2n) is 7.23. The van der Waals surface area contributed by atoms with Crippen molar-refractivity contribution in [2.45, 2.75) is 50.5 Å². The zero-order valence-corrected chi connectivity index (χ0v) is 13.8. The zero-order chi connectivity index (χ0) is 16.0. The van der Waals surface area contributed by atoms with Crippen molar-refractivity contribution in [2.24, 2.45) is 0 Å². The molecule has 23 heavy (non-hydrogen) atoms. The molecule has 3 fully saturated rings. The van der Waals surface area contributed by atoms with Crippen molar-refractivity contribution < 1.29 is 23.8 Å². The SMILES string of the molecule is COc1cc(C)cc2c1C1COC(C)(C)OC13ON2CC1OC13. The van der Waals surface area contributed by atoms with Gasteiger partial charge in [-0.2, -0.15) is 0 Å². The summed E-state index contributed by atoms with van der Waals surface area (Å²) in [7, 11) is 1.70. The highest BCUT2D eigenvalue weighted by Crippen LogP contribution is 2.59. The van der Waals surface area contributed by atoms with Crippen LogP contribution in [-0.2, 0) is 19.0 Å². The highest BCUT2D eigenvalue weighted by Gasteiger charge is 2.71. The van der Waals surface area contributed by atoms with Gasteiger partial charge < -0.3 is 18.9 Å². The van der Waals surface area contributed by atoms with Crippen LogP contribution in [0, 0.1) is 6.92 Å². The van der Waals surface area contributed by atoms with E-state index in [0.29, 0.717) is 13.2 Å². The predicted molar refractivity (Wildman–Crippen MR) is 81.4 cm³/mol. The van der Waals surface area contributed by atoms with Crippen molar-refractivity contribution in [3.63, 3.8) is 0 Å². The van der Waals surface area contributed by atoms with Crippen LogP contribution in [0.1, 0.15) is 30.9 Å². The summed E-state index contributed by atoms with van der Waals surface area (Å²) in [5, 5.41) is 1.91. The number of rotatable bonds is 1. The molecule has 4 atom stereocenters. The normalized spacial score (nSPS) is 39.1. The topological polar surface area (TPSA) is 52.7 Å². The number of aryl methyl sites for hydroxylation is 1. The van der Waals surface area contributed by atoms with Crippen LogP contribution in [0.2, 0.25) is 0 Å². The maximum absolute atomic E-state index is 6.33. The Balaban J connectivity index is 1.72. The molecule has 1 aromatic carbocycles. The Bertz CT molecular complexity index is 690. The van der Waals surface area contributed by atoms with Crippen LogP contribution in [0.4, 0.5) is 5.69 Å². The molecule has 4 aliphatic heterocycles. The number of benzene rings is 1. The predicted octanol–water partition coefficient (Wildman–Crippen LogP) is 2.10. The van der Waals surface area contributed by atoms with Crippen molar-refractivity contribution >= 4 is 5.69 Å². The van der Waals surface area contributed by atoms with Gasteiger partial charge in [-0.15, -0.1) is 0 Å². The molecule has 4 aliphatic rings. The second kappa shape index (κ2) is 4.19. The fourth-order valence-corrected chi connectivity index (χ4v) is 4.19. The monoisotopic (exact) mass is 319 g/mol. The molecule has 4 unspecified atom stereocenters. The van der Waals surface area contributed by atoms with Crippen molar-refractivity contribution in [1.29, 1.82) is 0 Å². The van der Waals surface area contributed by atoms with Gasteiger partial charge in [0.2, 0.25) is 5.79 Å². The number of hydrogen-bond donors (Lipinski definition) is 0. The molecule has 3 saturated heterocycles. The smallest absolute Gasteiger partial charge is 0.235 e. The summed E-state index contributed by atoms with van der Waals surface area (Å²) >= 11 is 0. The Hall–Kier alpha value is -1.34. The minimum absolute atomic E-state index is 0.0499. The van der Waals surface area contributed by atoms with E-state index in [1.54, 1.807) is 7.11 Å². The fraction of sp³-hybridized carbons (Fsp3) is 0.647. The van der Waals surface area contributed by atoms with E-state index in [2.05, 4.69) is 19.1 Å². The first-order valence-corrected chi connectivity index (χ1v) is 8.08. The Morgan fingerprint density at radius 1 is 1.30 bits per heavy atom. The number of epoxide rings is 1. The first-order valence-electron chi connectivity index (χ1n) is 8.08. The molecule has 4 heterocycles. The van der Waals surface area contributed by atoms with Crippen molar-refractivity contribution in [3.8, 4) is 5.75 Å². The molecule has 0 N–H and O–H groups in total. The van der Waals surface area contributed by atoms with E-state index in [0.717, 1.165) is 22.6 Å². The standard InChI is InChI=1S/C17H21NO5/c1-9-5-11-14(12(6-9)19-4)10-8-20-16(2,3)22-17(10)15-13(21-15)7-18(11)23-17/h5-6,10,13,15H,7-8H2,1-4H3. The van der Waals surface area contributed by atoms with E-state index in [1.165, 1.54) is 0 Å². The number of fused-ring (bicyclic) bond motifs is 5. The van der Waals surface area contributed by atoms with Gasteiger partial charge in [-0.05, 0) is 38.5 Å². The Morgan fingerprint density at radius 3 is 2.91 bits per heavy atom. The van der Waals surface area contributed by atoms with Crippen LogP contribution in [0.25, 0.3) is 0 Å². The maximum atomic E-state index is 6.33. The molecule has 5 rings (SSSR count). The molecule has 0 aromatic heterocycles. The first kappa shape index (κ1) is 14.0. The number of methoxy groups -OCH3 is 1. The van der Waals surface area contributed by atoms with Gasteiger partial charge in [0, 0.05) is 5.56 Å². The molecule has 6 heteroatoms. The molecule has 0 aliphatic carbocycles. The Kier molecular flexibility index (Phi) is 2.56. The third-order valence-corrected chi connectivity index (χ3v) is 5.17. The van der Waals surface area contributed by atoms with Crippen LogP contribution < -0.4 is 9.80 Å². The molecular formula is C17H21NO5. The largest absolute Gasteiger partial charge is 0.496 e. The first-order chi connectivity index (χ1) is 10.9. The molecule has 2 bridgehead atoms. The van der Waals surface area contributed by atoms with E-state index in [-0.39, 0.29) is 18.1 Å². The summed E-state index contributed by atoms with van der Waals surface area (Å²) in [5.41, 5.74) is 3.26. The number of anilines is 1. The minimum Gasteiger partial charge on any atom is -0.496 e. The summed E-state index contributed by atoms with van der Waals surface area (Å²) in [6.07, 6.45) is 0.103. The van der Waals surface area contributed by atoms with Crippen LogP contribution in [0.15, 0.2) is 12.1 Å². The van der Waals surface area contributed by atoms with Crippen LogP contribution >= 0.6 is 0 Å². The molecule has 6 nitrogen and oxygen atoms in total. The summed E-state index contributed by atoms with van der Waals surface area (Å²) in [5.74, 6) is -0.757. The van der Waals surface area contributed by atoms with E-state index < -0.39 is 11.6 Å². The lowest BCUT2D eigenvalue weighted by atomic mass is 9.81. The molecular weight excluding hydrogens is 298 g/mol. The average molecular weight is 319 g/mol. The maximum Gasteiger partial charge on any atom is 0.235 e. The van der Waals surface area contributed by atoms with Gasteiger partial charge in [-0.3, -0.25) is 0 Å². The average Bonchev–Trinajstić information content (AvgIpc) is 3.26. The highest BCUT2D eigenvalue weighted by atomic mass is 16.9. The zero-order valence-electron chi connectivity index (χ0n) is 13.8. The molecule has 0 radical (unpaired) electrons. The molecule has 124 valence electrons. The molecule has 0 amide bonds. The third-order valence-electron chi connectivity index (χ3n) is 5.17. The van der Waals surface area contributed by atoms with Crippen LogP contribution in [0.5, 0.6) is 5.75 Å². The Morgan fingerprint density at radius 2 is 2.13 bits per heavy atom. The van der Waals surface area contributed by atoms with Crippen LogP contribution in [-0.4, -0.2) is 44.0 Å². The van der Waals surface area contributed by atoms with Crippen molar-refractivity contribution in [1.82, 2.24) is 0 Å². The van der Waals surface area contributed by atoms with Crippen molar-refractivity contribution in [2.75, 3.05) is 25.3 Å². The van der Waals surface area contributed by atoms with Gasteiger partial charge >= 0.3 is 0 Å². The number of hydrogen-bond acceptors (Lipinski definition) is 6. The van der Waals surface area contributed by atoms with Gasteiger partial charge in [-0.25, -0.2) is 9.90 Å². The highest BCUT2D eigenvalue weighted by molar-refractivity contribution is 5.65. The molecule has 1 aromatic rings. The lowest BCUT2D eigenvalue weighted by molar-refractivity contribution is -0.406. The Labute approximate surface area is 135 Å². The van der Waals surface area contributed by atoms with E-state index in [4.69, 9.17) is 23.8 Å². The fourth-order valence-electron chi connectivity index (χ4n) is 4.19. The number of ether oxygens (including phenoxy) is 4. The van der Waals surface area contributed by atoms with Crippen LogP contribution in [0.3, 0.4) is 0 Å². The second-order valence-corrected chi connectivity index (χ2v) is 7.23. The number of nitrogens with zero attached hydrogens (tertiary/aromatic N) is 1. The lowest BCUT2D eigenvalue weighted by Gasteiger charge is -2.55. The summed E-state index contributed by atoms with van der Waals surface area (Å²) in [6, 6.07) is 4.18. The third kappa shape index (κ3) is 1.78. The van der Waals surface area contributed by atoms with Gasteiger partial charge in [0.1, 0.15) is 18.0 Å². The van der Waals surface area contributed by atoms with E-state index in [9.17, 15) is 0 Å². The van der Waals surface area contributed by atoms with Crippen molar-refractivity contribution in [3.05, 3.63) is 23.3 Å². The van der Waals surface area contributed by atoms with Gasteiger partial charge in [0.15, 0.2) is 5.79 Å². The summed E-state index contributed by atoms with van der Waals surface area (Å²) in [4.78, 5) is 6.33. The van der Waals surface area contributed by atoms with Gasteiger partial charge in [0.25, 0.3) is 0 Å². The molecule has 1 spiro atoms. The van der Waals surface area contributed by atoms with Gasteiger partial charge in [-0.1, -0.05) is 0 Å². The van der Waals surface area contributed by atoms with E-state index >= 15 is 0 Å². The summed E-state index contributed by atoms with van der Waals surface area (Å²) < 4.78 is 23.8.